The molecule has 1 saturated carbocycles. The van der Waals surface area contributed by atoms with Crippen LogP contribution in [0.1, 0.15) is 36.6 Å². The Morgan fingerprint density at radius 2 is 2.08 bits per heavy atom. The van der Waals surface area contributed by atoms with Crippen molar-refractivity contribution in [3.8, 4) is 0 Å². The molecule has 0 radical (unpaired) electrons. The number of amides is 2. The Bertz CT molecular complexity index is 581. The highest BCUT2D eigenvalue weighted by molar-refractivity contribution is 7.10. The van der Waals surface area contributed by atoms with Crippen LogP contribution in [-0.4, -0.2) is 35.5 Å². The Kier molecular flexibility index (Phi) is 6.04. The summed E-state index contributed by atoms with van der Waals surface area (Å²) >= 11 is 1.14. The van der Waals surface area contributed by atoms with Gasteiger partial charge in [-0.2, -0.15) is 13.2 Å². The van der Waals surface area contributed by atoms with Gasteiger partial charge in [0.1, 0.15) is 6.04 Å². The first-order chi connectivity index (χ1) is 11.3. The van der Waals surface area contributed by atoms with Crippen LogP contribution in [0.2, 0.25) is 0 Å². The molecule has 0 saturated heterocycles. The van der Waals surface area contributed by atoms with E-state index in [1.165, 1.54) is 6.08 Å². The van der Waals surface area contributed by atoms with Crippen molar-refractivity contribution in [1.29, 1.82) is 0 Å². The molecule has 0 bridgehead atoms. The van der Waals surface area contributed by atoms with Crippen LogP contribution in [0.5, 0.6) is 0 Å². The van der Waals surface area contributed by atoms with Crippen molar-refractivity contribution in [3.05, 3.63) is 35.0 Å². The first-order valence-electron chi connectivity index (χ1n) is 7.67. The minimum absolute atomic E-state index is 0.0495. The molecule has 0 aliphatic heterocycles. The lowest BCUT2D eigenvalue weighted by Gasteiger charge is -2.30. The van der Waals surface area contributed by atoms with Gasteiger partial charge in [-0.15, -0.1) is 17.9 Å². The molecular formula is C16H19F3N2O2S. The van der Waals surface area contributed by atoms with E-state index < -0.39 is 24.0 Å². The summed E-state index contributed by atoms with van der Waals surface area (Å²) in [7, 11) is 0. The Morgan fingerprint density at radius 3 is 2.58 bits per heavy atom. The molecule has 132 valence electrons. The third-order valence-corrected chi connectivity index (χ3v) is 4.83. The fourth-order valence-electron chi connectivity index (χ4n) is 2.83. The molecule has 1 aromatic rings. The second-order valence-electron chi connectivity index (χ2n) is 5.65. The summed E-state index contributed by atoms with van der Waals surface area (Å²) in [5.41, 5.74) is 0. The van der Waals surface area contributed by atoms with E-state index in [9.17, 15) is 22.8 Å². The molecule has 0 spiro atoms. The molecule has 0 aromatic carbocycles. The van der Waals surface area contributed by atoms with Crippen LogP contribution in [0.15, 0.2) is 30.2 Å². The quantitative estimate of drug-likeness (QED) is 0.790. The Morgan fingerprint density at radius 1 is 1.42 bits per heavy atom. The number of alkyl halides is 3. The summed E-state index contributed by atoms with van der Waals surface area (Å²) < 4.78 is 38.8. The molecule has 0 unspecified atom stereocenters. The monoisotopic (exact) mass is 360 g/mol. The summed E-state index contributed by atoms with van der Waals surface area (Å²) in [6.45, 7) is 3.04. The van der Waals surface area contributed by atoms with Crippen LogP contribution in [0.25, 0.3) is 0 Å². The predicted octanol–water partition coefficient (Wildman–Crippen LogP) is 3.42. The normalized spacial score (nSPS) is 16.6. The number of carbonyl (C=O) groups is 2. The van der Waals surface area contributed by atoms with Crippen molar-refractivity contribution in [2.75, 3.05) is 6.54 Å². The van der Waals surface area contributed by atoms with Gasteiger partial charge in [-0.05, 0) is 24.3 Å². The molecule has 1 aromatic heterocycles. The number of halogens is 3. The molecule has 8 heteroatoms. The summed E-state index contributed by atoms with van der Waals surface area (Å²) in [6.07, 6.45) is -0.298. The van der Waals surface area contributed by atoms with Gasteiger partial charge in [0.25, 0.3) is 0 Å². The van der Waals surface area contributed by atoms with Crippen molar-refractivity contribution >= 4 is 23.2 Å². The zero-order valence-electron chi connectivity index (χ0n) is 13.0. The Hall–Kier alpha value is -1.83. The van der Waals surface area contributed by atoms with E-state index in [4.69, 9.17) is 0 Å². The Balaban J connectivity index is 2.30. The molecule has 2 amide bonds. The maximum Gasteiger partial charge on any atom is 0.471 e. The van der Waals surface area contributed by atoms with Crippen LogP contribution >= 0.6 is 11.3 Å². The smallest absolute Gasteiger partial charge is 0.351 e. The zero-order chi connectivity index (χ0) is 17.7. The van der Waals surface area contributed by atoms with Gasteiger partial charge in [0.05, 0.1) is 0 Å². The fourth-order valence-corrected chi connectivity index (χ4v) is 3.66. The van der Waals surface area contributed by atoms with Gasteiger partial charge in [0.15, 0.2) is 0 Å². The lowest BCUT2D eigenvalue weighted by molar-refractivity contribution is -0.188. The minimum Gasteiger partial charge on any atom is -0.351 e. The van der Waals surface area contributed by atoms with Gasteiger partial charge >= 0.3 is 12.1 Å². The third kappa shape index (κ3) is 4.37. The second-order valence-corrected chi connectivity index (χ2v) is 6.63. The minimum atomic E-state index is -5.05. The van der Waals surface area contributed by atoms with E-state index in [0.29, 0.717) is 9.78 Å². The van der Waals surface area contributed by atoms with Crippen LogP contribution in [0.4, 0.5) is 13.2 Å². The van der Waals surface area contributed by atoms with E-state index >= 15 is 0 Å². The average molecular weight is 360 g/mol. The number of rotatable bonds is 6. The predicted molar refractivity (Wildman–Crippen MR) is 85.4 cm³/mol. The van der Waals surface area contributed by atoms with E-state index in [1.807, 2.05) is 0 Å². The molecule has 1 aliphatic carbocycles. The average Bonchev–Trinajstić information content (AvgIpc) is 3.18. The molecular weight excluding hydrogens is 341 g/mol. The lowest BCUT2D eigenvalue weighted by atomic mass is 10.1. The third-order valence-electron chi connectivity index (χ3n) is 3.90. The fraction of sp³-hybridized carbons (Fsp3) is 0.500. The topological polar surface area (TPSA) is 49.4 Å². The van der Waals surface area contributed by atoms with E-state index in [1.54, 1.807) is 17.5 Å². The highest BCUT2D eigenvalue weighted by Gasteiger charge is 2.46. The lowest BCUT2D eigenvalue weighted by Crippen LogP contribution is -2.49. The molecule has 4 nitrogen and oxygen atoms in total. The number of thiophene rings is 1. The summed E-state index contributed by atoms with van der Waals surface area (Å²) in [6, 6.07) is 1.84. The number of nitrogens with one attached hydrogen (secondary N) is 1. The molecule has 1 N–H and O–H groups in total. The summed E-state index contributed by atoms with van der Waals surface area (Å²) in [4.78, 5) is 25.4. The first-order valence-corrected chi connectivity index (χ1v) is 8.55. The Labute approximate surface area is 142 Å². The van der Waals surface area contributed by atoms with Crippen molar-refractivity contribution in [1.82, 2.24) is 10.2 Å². The van der Waals surface area contributed by atoms with Gasteiger partial charge in [0.2, 0.25) is 5.91 Å². The maximum atomic E-state index is 12.9. The maximum absolute atomic E-state index is 12.9. The number of nitrogens with zero attached hydrogens (tertiary/aromatic N) is 1. The van der Waals surface area contributed by atoms with Gasteiger partial charge < -0.3 is 10.2 Å². The van der Waals surface area contributed by atoms with Crippen molar-refractivity contribution < 1.29 is 22.8 Å². The summed E-state index contributed by atoms with van der Waals surface area (Å²) in [5, 5.41) is 4.45. The van der Waals surface area contributed by atoms with Gasteiger partial charge in [-0.3, -0.25) is 9.59 Å². The van der Waals surface area contributed by atoms with E-state index in [-0.39, 0.29) is 12.6 Å². The number of carbonyl (C=O) groups excluding carboxylic acids is 2. The SMILES string of the molecule is C=CCN(C(=O)C(F)(F)F)[C@H](C(=O)NC1CCCC1)c1cccs1. The van der Waals surface area contributed by atoms with Crippen molar-refractivity contribution in [2.24, 2.45) is 0 Å². The highest BCUT2D eigenvalue weighted by atomic mass is 32.1. The summed E-state index contributed by atoms with van der Waals surface area (Å²) in [5.74, 6) is -2.62. The molecule has 1 fully saturated rings. The highest BCUT2D eigenvalue weighted by Crippen LogP contribution is 2.30. The molecule has 1 aliphatic rings. The van der Waals surface area contributed by atoms with Crippen LogP contribution in [0, 0.1) is 0 Å². The van der Waals surface area contributed by atoms with Crippen molar-refractivity contribution in [3.63, 3.8) is 0 Å². The van der Waals surface area contributed by atoms with Crippen LogP contribution < -0.4 is 5.32 Å². The first kappa shape index (κ1) is 18.5. The number of hydrogen-bond donors (Lipinski definition) is 1. The van der Waals surface area contributed by atoms with Crippen LogP contribution in [-0.2, 0) is 9.59 Å². The molecule has 1 heterocycles. The molecule has 1 atom stereocenters. The molecule has 24 heavy (non-hydrogen) atoms. The molecule has 2 rings (SSSR count). The van der Waals surface area contributed by atoms with Crippen molar-refractivity contribution in [2.45, 2.75) is 43.9 Å². The van der Waals surface area contributed by atoms with E-state index in [0.717, 1.165) is 37.0 Å². The van der Waals surface area contributed by atoms with Gasteiger partial charge in [-0.1, -0.05) is 25.0 Å². The van der Waals surface area contributed by atoms with E-state index in [2.05, 4.69) is 11.9 Å². The largest absolute Gasteiger partial charge is 0.471 e. The van der Waals surface area contributed by atoms with Gasteiger partial charge in [-0.25, -0.2) is 0 Å². The van der Waals surface area contributed by atoms with Crippen LogP contribution in [0.3, 0.4) is 0 Å². The number of hydrogen-bond acceptors (Lipinski definition) is 3. The standard InChI is InChI=1S/C16H19F3N2O2S/c1-2-9-21(15(23)16(17,18)19)13(12-8-5-10-24-12)14(22)20-11-6-3-4-7-11/h2,5,8,10-11,13H,1,3-4,6-7,9H2,(H,20,22)/t13-/m0/s1. The van der Waals surface area contributed by atoms with Gasteiger partial charge in [0, 0.05) is 17.5 Å². The second kappa shape index (κ2) is 7.83. The zero-order valence-corrected chi connectivity index (χ0v) is 13.8.